The van der Waals surface area contributed by atoms with E-state index >= 15 is 0 Å². The van der Waals surface area contributed by atoms with Crippen molar-refractivity contribution in [3.63, 3.8) is 0 Å². The van der Waals surface area contributed by atoms with Crippen LogP contribution in [0.4, 0.5) is 0 Å². The number of ether oxygens (including phenoxy) is 3. The number of aliphatic hydroxyl groups is 1. The van der Waals surface area contributed by atoms with Gasteiger partial charge >= 0.3 is 5.97 Å². The van der Waals surface area contributed by atoms with E-state index in [2.05, 4.69) is 9.97 Å². The SMILES string of the molecule is C[C@H]1O[C@H](OCCOC(=O)c2cnc3ccccc3n2)C[C@@H](N)[C@@H]1O. The second-order valence-corrected chi connectivity index (χ2v) is 5.91. The molecule has 3 N–H and O–H groups in total. The Morgan fingerprint density at radius 1 is 1.36 bits per heavy atom. The maximum absolute atomic E-state index is 12.0. The van der Waals surface area contributed by atoms with E-state index in [1.165, 1.54) is 6.20 Å². The van der Waals surface area contributed by atoms with Crippen molar-refractivity contribution < 1.29 is 24.1 Å². The Balaban J connectivity index is 1.46. The molecule has 8 heteroatoms. The molecule has 25 heavy (non-hydrogen) atoms. The van der Waals surface area contributed by atoms with E-state index < -0.39 is 30.5 Å². The molecule has 1 saturated heterocycles. The number of para-hydroxylation sites is 2. The van der Waals surface area contributed by atoms with Gasteiger partial charge in [-0.1, -0.05) is 12.1 Å². The number of hydrogen-bond donors (Lipinski definition) is 2. The zero-order valence-electron chi connectivity index (χ0n) is 13.9. The highest BCUT2D eigenvalue weighted by molar-refractivity contribution is 5.89. The lowest BCUT2D eigenvalue weighted by atomic mass is 10.0. The highest BCUT2D eigenvalue weighted by Crippen LogP contribution is 2.19. The lowest BCUT2D eigenvalue weighted by Gasteiger charge is -2.35. The first kappa shape index (κ1) is 17.7. The molecule has 4 atom stereocenters. The minimum atomic E-state index is -0.704. The maximum Gasteiger partial charge on any atom is 0.358 e. The van der Waals surface area contributed by atoms with Crippen molar-refractivity contribution in [2.45, 2.75) is 37.9 Å². The zero-order chi connectivity index (χ0) is 17.8. The van der Waals surface area contributed by atoms with E-state index in [-0.39, 0.29) is 18.9 Å². The van der Waals surface area contributed by atoms with Crippen LogP contribution in [-0.4, -0.2) is 58.8 Å². The van der Waals surface area contributed by atoms with Crippen molar-refractivity contribution in [3.8, 4) is 0 Å². The summed E-state index contributed by atoms with van der Waals surface area (Å²) < 4.78 is 16.1. The molecule has 1 aliphatic heterocycles. The maximum atomic E-state index is 12.0. The molecule has 8 nitrogen and oxygen atoms in total. The fourth-order valence-electron chi connectivity index (χ4n) is 2.64. The lowest BCUT2D eigenvalue weighted by Crippen LogP contribution is -2.51. The Bertz CT molecular complexity index is 729. The number of aliphatic hydroxyl groups excluding tert-OH is 1. The molecule has 2 heterocycles. The molecule has 1 aromatic carbocycles. The number of benzene rings is 1. The number of aromatic nitrogens is 2. The van der Waals surface area contributed by atoms with Crippen molar-refractivity contribution in [2.24, 2.45) is 5.73 Å². The van der Waals surface area contributed by atoms with Crippen molar-refractivity contribution >= 4 is 17.0 Å². The third-order valence-electron chi connectivity index (χ3n) is 4.03. The monoisotopic (exact) mass is 347 g/mol. The third-order valence-corrected chi connectivity index (χ3v) is 4.03. The molecule has 1 fully saturated rings. The van der Waals surface area contributed by atoms with Crippen LogP contribution in [0.1, 0.15) is 23.8 Å². The molecule has 1 aromatic heterocycles. The first-order chi connectivity index (χ1) is 12.0. The van der Waals surface area contributed by atoms with Crippen LogP contribution in [0.2, 0.25) is 0 Å². The standard InChI is InChI=1S/C17H21N3O5/c1-10-16(21)11(18)8-15(25-10)23-6-7-24-17(22)14-9-19-12-4-2-3-5-13(12)20-14/h2-5,9-11,15-16,21H,6-8,18H2,1H3/t10-,11-,15+,16-/m1/s1. The fourth-order valence-corrected chi connectivity index (χ4v) is 2.64. The summed E-state index contributed by atoms with van der Waals surface area (Å²) in [7, 11) is 0. The summed E-state index contributed by atoms with van der Waals surface area (Å²) in [5, 5.41) is 9.72. The van der Waals surface area contributed by atoms with Gasteiger partial charge in [-0.15, -0.1) is 0 Å². The zero-order valence-corrected chi connectivity index (χ0v) is 13.9. The van der Waals surface area contributed by atoms with Gasteiger partial charge in [0.1, 0.15) is 6.61 Å². The van der Waals surface area contributed by atoms with E-state index in [1.54, 1.807) is 13.0 Å². The smallest absolute Gasteiger partial charge is 0.358 e. The molecule has 0 saturated carbocycles. The van der Waals surface area contributed by atoms with E-state index in [1.807, 2.05) is 18.2 Å². The normalized spacial score (nSPS) is 26.5. The lowest BCUT2D eigenvalue weighted by molar-refractivity contribution is -0.224. The predicted molar refractivity (Wildman–Crippen MR) is 88.7 cm³/mol. The van der Waals surface area contributed by atoms with Crippen LogP contribution < -0.4 is 5.73 Å². The largest absolute Gasteiger partial charge is 0.458 e. The first-order valence-electron chi connectivity index (χ1n) is 8.14. The van der Waals surface area contributed by atoms with E-state index in [4.69, 9.17) is 19.9 Å². The molecule has 0 unspecified atom stereocenters. The molecule has 0 amide bonds. The van der Waals surface area contributed by atoms with Gasteiger partial charge in [0.25, 0.3) is 0 Å². The number of carbonyl (C=O) groups excluding carboxylic acids is 1. The van der Waals surface area contributed by atoms with Gasteiger partial charge < -0.3 is 25.1 Å². The van der Waals surface area contributed by atoms with Gasteiger partial charge in [0.2, 0.25) is 0 Å². The van der Waals surface area contributed by atoms with Gasteiger partial charge in [-0.25, -0.2) is 9.78 Å². The van der Waals surface area contributed by atoms with Crippen molar-refractivity contribution in [1.82, 2.24) is 9.97 Å². The first-order valence-corrected chi connectivity index (χ1v) is 8.14. The quantitative estimate of drug-likeness (QED) is 0.597. The topological polar surface area (TPSA) is 117 Å². The van der Waals surface area contributed by atoms with Crippen molar-refractivity contribution in [1.29, 1.82) is 0 Å². The Kier molecular flexibility index (Phi) is 5.54. The van der Waals surface area contributed by atoms with Gasteiger partial charge in [-0.3, -0.25) is 4.98 Å². The van der Waals surface area contributed by atoms with Crippen LogP contribution in [0.3, 0.4) is 0 Å². The fraction of sp³-hybridized carbons (Fsp3) is 0.471. The molecular formula is C17H21N3O5. The summed E-state index contributed by atoms with van der Waals surface area (Å²) in [6, 6.07) is 6.88. The van der Waals surface area contributed by atoms with Gasteiger partial charge in [-0.2, -0.15) is 0 Å². The molecule has 3 rings (SSSR count). The molecule has 0 spiro atoms. The summed E-state index contributed by atoms with van der Waals surface area (Å²) in [5.41, 5.74) is 7.31. The number of rotatable bonds is 5. The molecule has 0 aliphatic carbocycles. The summed E-state index contributed by atoms with van der Waals surface area (Å²) in [4.78, 5) is 20.4. The van der Waals surface area contributed by atoms with Crippen LogP contribution in [-0.2, 0) is 14.2 Å². The van der Waals surface area contributed by atoms with Gasteiger partial charge in [-0.05, 0) is 19.1 Å². The average Bonchev–Trinajstić information content (AvgIpc) is 2.62. The third kappa shape index (κ3) is 4.29. The number of carbonyl (C=O) groups is 1. The van der Waals surface area contributed by atoms with Crippen LogP contribution in [0, 0.1) is 0 Å². The molecule has 0 bridgehead atoms. The van der Waals surface area contributed by atoms with E-state index in [9.17, 15) is 9.90 Å². The van der Waals surface area contributed by atoms with Crippen LogP contribution >= 0.6 is 0 Å². The minimum absolute atomic E-state index is 0.0549. The number of fused-ring (bicyclic) bond motifs is 1. The highest BCUT2D eigenvalue weighted by Gasteiger charge is 2.33. The minimum Gasteiger partial charge on any atom is -0.458 e. The Morgan fingerprint density at radius 2 is 2.12 bits per heavy atom. The average molecular weight is 347 g/mol. The van der Waals surface area contributed by atoms with Gasteiger partial charge in [0.05, 0.1) is 36.0 Å². The Morgan fingerprint density at radius 3 is 2.88 bits per heavy atom. The Labute approximate surface area is 144 Å². The van der Waals surface area contributed by atoms with Gasteiger partial charge in [0.15, 0.2) is 12.0 Å². The Hall–Kier alpha value is -2.13. The number of esters is 1. The van der Waals surface area contributed by atoms with E-state index in [0.29, 0.717) is 17.5 Å². The van der Waals surface area contributed by atoms with Crippen LogP contribution in [0.5, 0.6) is 0 Å². The summed E-state index contributed by atoms with van der Waals surface area (Å²) >= 11 is 0. The van der Waals surface area contributed by atoms with Gasteiger partial charge in [0, 0.05) is 12.5 Å². The molecule has 0 radical (unpaired) electrons. The second-order valence-electron chi connectivity index (χ2n) is 5.91. The number of hydrogen-bond acceptors (Lipinski definition) is 8. The summed E-state index contributed by atoms with van der Waals surface area (Å²) in [6.45, 7) is 1.95. The second kappa shape index (κ2) is 7.83. The summed E-state index contributed by atoms with van der Waals surface area (Å²) in [6.07, 6.45) is 0.147. The molecule has 2 aromatic rings. The summed E-state index contributed by atoms with van der Waals surface area (Å²) in [5.74, 6) is -0.563. The van der Waals surface area contributed by atoms with E-state index in [0.717, 1.165) is 0 Å². The number of nitrogens with two attached hydrogens (primary N) is 1. The molecular weight excluding hydrogens is 326 g/mol. The van der Waals surface area contributed by atoms with Crippen LogP contribution in [0.25, 0.3) is 11.0 Å². The van der Waals surface area contributed by atoms with Crippen LogP contribution in [0.15, 0.2) is 30.5 Å². The van der Waals surface area contributed by atoms with Crippen molar-refractivity contribution in [3.05, 3.63) is 36.2 Å². The predicted octanol–water partition coefficient (Wildman–Crippen LogP) is 0.626. The number of nitrogens with zero attached hydrogens (tertiary/aromatic N) is 2. The van der Waals surface area contributed by atoms with Crippen molar-refractivity contribution in [2.75, 3.05) is 13.2 Å². The highest BCUT2D eigenvalue weighted by atomic mass is 16.7. The molecule has 134 valence electrons. The molecule has 1 aliphatic rings.